The molecular weight excluding hydrogens is 404 g/mol. The van der Waals surface area contributed by atoms with Gasteiger partial charge in [-0.3, -0.25) is 4.79 Å². The number of nitrogens with one attached hydrogen (secondary N) is 1. The van der Waals surface area contributed by atoms with E-state index in [2.05, 4.69) is 5.32 Å². The highest BCUT2D eigenvalue weighted by atomic mass is 19.1. The number of ether oxygens (including phenoxy) is 2. The van der Waals surface area contributed by atoms with Crippen LogP contribution in [0.4, 0.5) is 13.6 Å². The molecule has 0 bridgehead atoms. The summed E-state index contributed by atoms with van der Waals surface area (Å²) in [6, 6.07) is 1.98. The summed E-state index contributed by atoms with van der Waals surface area (Å²) in [7, 11) is 0. The van der Waals surface area contributed by atoms with E-state index in [9.17, 15) is 23.2 Å². The van der Waals surface area contributed by atoms with E-state index in [4.69, 9.17) is 19.0 Å². The van der Waals surface area contributed by atoms with Gasteiger partial charge in [0.15, 0.2) is 17.1 Å². The van der Waals surface area contributed by atoms with Crippen LogP contribution in [0, 0.1) is 11.6 Å². The van der Waals surface area contributed by atoms with Crippen molar-refractivity contribution in [2.75, 3.05) is 13.2 Å². The number of halogens is 2. The second kappa shape index (κ2) is 9.10. The van der Waals surface area contributed by atoms with Crippen LogP contribution in [-0.2, 0) is 9.53 Å². The molecule has 8 nitrogen and oxygen atoms in total. The van der Waals surface area contributed by atoms with Crippen molar-refractivity contribution in [1.82, 2.24) is 5.32 Å². The van der Waals surface area contributed by atoms with E-state index in [1.807, 2.05) is 0 Å². The minimum absolute atomic E-state index is 0.105. The summed E-state index contributed by atoms with van der Waals surface area (Å²) >= 11 is 0. The number of carboxylic acids is 1. The molecule has 0 saturated heterocycles. The Morgan fingerprint density at radius 2 is 1.93 bits per heavy atom. The molecule has 164 valence electrons. The van der Waals surface area contributed by atoms with Crippen molar-refractivity contribution in [1.29, 1.82) is 0 Å². The fourth-order valence-electron chi connectivity index (χ4n) is 2.51. The van der Waals surface area contributed by atoms with Gasteiger partial charge in [-0.25, -0.2) is 14.0 Å². The molecule has 1 heterocycles. The number of alkyl carbamates (subject to hydrolysis) is 1. The van der Waals surface area contributed by atoms with Crippen LogP contribution in [0.2, 0.25) is 0 Å². The van der Waals surface area contributed by atoms with Crippen LogP contribution in [0.15, 0.2) is 21.3 Å². The van der Waals surface area contributed by atoms with Gasteiger partial charge >= 0.3 is 17.7 Å². The van der Waals surface area contributed by atoms with Crippen LogP contribution in [0.3, 0.4) is 0 Å². The SMILES string of the molecule is CC(C(=O)O)c1cc2cc(F)c(OCCCNC(=O)OC(C)(C)C)c(F)c2oc1=O. The first-order chi connectivity index (χ1) is 13.9. The number of aliphatic carboxylic acids is 1. The van der Waals surface area contributed by atoms with Crippen molar-refractivity contribution >= 4 is 23.0 Å². The molecule has 10 heteroatoms. The average Bonchev–Trinajstić information content (AvgIpc) is 2.62. The van der Waals surface area contributed by atoms with Gasteiger partial charge in [0.1, 0.15) is 5.60 Å². The Labute approximate surface area is 170 Å². The lowest BCUT2D eigenvalue weighted by atomic mass is 10.0. The molecule has 2 N–H and O–H groups in total. The number of carbonyl (C=O) groups excluding carboxylic acids is 1. The van der Waals surface area contributed by atoms with Gasteiger partial charge in [0.2, 0.25) is 5.82 Å². The van der Waals surface area contributed by atoms with E-state index < -0.39 is 52.2 Å². The van der Waals surface area contributed by atoms with Crippen LogP contribution in [0.25, 0.3) is 11.0 Å². The third kappa shape index (κ3) is 5.68. The average molecular weight is 427 g/mol. The quantitative estimate of drug-likeness (QED) is 0.513. The monoisotopic (exact) mass is 427 g/mol. The summed E-state index contributed by atoms with van der Waals surface area (Å²) in [4.78, 5) is 34.6. The summed E-state index contributed by atoms with van der Waals surface area (Å²) in [5, 5.41) is 11.4. The molecule has 1 unspecified atom stereocenters. The normalized spacial score (nSPS) is 12.5. The molecule has 0 fully saturated rings. The maximum atomic E-state index is 14.6. The van der Waals surface area contributed by atoms with Crippen molar-refractivity contribution in [3.8, 4) is 5.75 Å². The van der Waals surface area contributed by atoms with Crippen molar-refractivity contribution in [2.24, 2.45) is 0 Å². The minimum atomic E-state index is -1.28. The number of hydrogen-bond acceptors (Lipinski definition) is 6. The Bertz CT molecular complexity index is 1010. The van der Waals surface area contributed by atoms with E-state index in [1.54, 1.807) is 20.8 Å². The maximum Gasteiger partial charge on any atom is 0.407 e. The summed E-state index contributed by atoms with van der Waals surface area (Å²) in [5.74, 6) is -5.46. The number of carbonyl (C=O) groups is 2. The lowest BCUT2D eigenvalue weighted by Gasteiger charge is -2.19. The molecule has 1 amide bonds. The number of hydrogen-bond donors (Lipinski definition) is 2. The maximum absolute atomic E-state index is 14.6. The summed E-state index contributed by atoms with van der Waals surface area (Å²) in [6.45, 7) is 6.42. The molecule has 2 aromatic rings. The number of benzene rings is 1. The lowest BCUT2D eigenvalue weighted by molar-refractivity contribution is -0.138. The standard InChI is InChI=1S/C20H23F2NO7/c1-10(17(24)25)12-8-11-9-13(21)16(14(22)15(11)29-18(12)26)28-7-5-6-23-19(27)30-20(2,3)4/h8-10H,5-7H2,1-4H3,(H,23,27)(H,24,25). The zero-order valence-corrected chi connectivity index (χ0v) is 17.0. The van der Waals surface area contributed by atoms with Crippen molar-refractivity contribution in [2.45, 2.75) is 45.6 Å². The molecule has 1 aromatic heterocycles. The number of amides is 1. The Hall–Kier alpha value is -3.17. The van der Waals surface area contributed by atoms with Gasteiger partial charge in [-0.2, -0.15) is 4.39 Å². The predicted octanol–water partition coefficient (Wildman–Crippen LogP) is 3.55. The molecule has 0 aliphatic heterocycles. The Kier molecular flexibility index (Phi) is 7.01. The molecule has 0 aliphatic rings. The molecular formula is C20H23F2NO7. The number of fused-ring (bicyclic) bond motifs is 1. The number of rotatable bonds is 7. The third-order valence-corrected chi connectivity index (χ3v) is 3.97. The van der Waals surface area contributed by atoms with Crippen molar-refractivity contribution < 1.29 is 37.4 Å². The second-order valence-electron chi connectivity index (χ2n) is 7.60. The van der Waals surface area contributed by atoms with E-state index in [0.717, 1.165) is 12.1 Å². The Morgan fingerprint density at radius 1 is 1.27 bits per heavy atom. The molecule has 0 aliphatic carbocycles. The van der Waals surface area contributed by atoms with E-state index in [0.29, 0.717) is 0 Å². The van der Waals surface area contributed by atoms with Gasteiger partial charge in [-0.05, 0) is 46.2 Å². The smallest absolute Gasteiger partial charge is 0.407 e. The van der Waals surface area contributed by atoms with Crippen LogP contribution in [0.5, 0.6) is 5.75 Å². The Morgan fingerprint density at radius 3 is 2.53 bits per heavy atom. The zero-order chi connectivity index (χ0) is 22.6. The molecule has 0 radical (unpaired) electrons. The van der Waals surface area contributed by atoms with E-state index in [1.165, 1.54) is 6.92 Å². The highest BCUT2D eigenvalue weighted by molar-refractivity contribution is 5.82. The molecule has 0 spiro atoms. The Balaban J connectivity index is 2.10. The summed E-state index contributed by atoms with van der Waals surface area (Å²) in [5.41, 5.74) is -2.44. The van der Waals surface area contributed by atoms with Gasteiger partial charge in [-0.15, -0.1) is 0 Å². The van der Waals surface area contributed by atoms with E-state index >= 15 is 0 Å². The van der Waals surface area contributed by atoms with Crippen LogP contribution < -0.4 is 15.7 Å². The highest BCUT2D eigenvalue weighted by Crippen LogP contribution is 2.30. The molecule has 2 rings (SSSR count). The fraction of sp³-hybridized carbons (Fsp3) is 0.450. The van der Waals surface area contributed by atoms with Gasteiger partial charge in [0.25, 0.3) is 0 Å². The van der Waals surface area contributed by atoms with Crippen LogP contribution in [0.1, 0.15) is 45.6 Å². The first kappa shape index (κ1) is 23.1. The third-order valence-electron chi connectivity index (χ3n) is 3.97. The largest absolute Gasteiger partial charge is 0.487 e. The van der Waals surface area contributed by atoms with E-state index in [-0.39, 0.29) is 30.5 Å². The highest BCUT2D eigenvalue weighted by Gasteiger charge is 2.23. The van der Waals surface area contributed by atoms with Crippen LogP contribution in [-0.4, -0.2) is 35.9 Å². The minimum Gasteiger partial charge on any atom is -0.487 e. The predicted molar refractivity (Wildman–Crippen MR) is 103 cm³/mol. The molecule has 1 aromatic carbocycles. The molecule has 30 heavy (non-hydrogen) atoms. The van der Waals surface area contributed by atoms with Crippen molar-refractivity contribution in [3.05, 3.63) is 39.8 Å². The van der Waals surface area contributed by atoms with Gasteiger partial charge in [0.05, 0.1) is 18.1 Å². The van der Waals surface area contributed by atoms with Crippen LogP contribution >= 0.6 is 0 Å². The number of carboxylic acid groups (broad SMARTS) is 1. The zero-order valence-electron chi connectivity index (χ0n) is 17.0. The van der Waals surface area contributed by atoms with Gasteiger partial charge < -0.3 is 24.3 Å². The second-order valence-corrected chi connectivity index (χ2v) is 7.60. The summed E-state index contributed by atoms with van der Waals surface area (Å²) in [6.07, 6.45) is -0.395. The first-order valence-electron chi connectivity index (χ1n) is 9.19. The molecule has 1 atom stereocenters. The van der Waals surface area contributed by atoms with Crippen molar-refractivity contribution in [3.63, 3.8) is 0 Å². The fourth-order valence-corrected chi connectivity index (χ4v) is 2.51. The van der Waals surface area contributed by atoms with Gasteiger partial charge in [-0.1, -0.05) is 0 Å². The first-order valence-corrected chi connectivity index (χ1v) is 9.19. The van der Waals surface area contributed by atoms with Gasteiger partial charge in [0, 0.05) is 11.9 Å². The lowest BCUT2D eigenvalue weighted by Crippen LogP contribution is -2.33. The molecule has 0 saturated carbocycles. The topological polar surface area (TPSA) is 115 Å². The summed E-state index contributed by atoms with van der Waals surface area (Å²) < 4.78 is 44.0.